The Bertz CT molecular complexity index is 778. The van der Waals surface area contributed by atoms with Crippen molar-refractivity contribution in [3.63, 3.8) is 0 Å². The van der Waals surface area contributed by atoms with E-state index in [4.69, 9.17) is 17.1 Å². The summed E-state index contributed by atoms with van der Waals surface area (Å²) in [5, 5.41) is 4.99. The predicted octanol–water partition coefficient (Wildman–Crippen LogP) is 4.85. The third-order valence-corrected chi connectivity index (χ3v) is 6.38. The number of carbonyl (C=O) groups is 1. The summed E-state index contributed by atoms with van der Waals surface area (Å²) in [5.74, 6) is -0.415. The van der Waals surface area contributed by atoms with Crippen molar-refractivity contribution in [3.8, 4) is 10.6 Å². The van der Waals surface area contributed by atoms with Gasteiger partial charge in [0.1, 0.15) is 16.7 Å². The van der Waals surface area contributed by atoms with Gasteiger partial charge in [0, 0.05) is 34.0 Å². The number of thioether (sulfide) groups is 1. The molecule has 0 saturated heterocycles. The monoisotopic (exact) mass is 396 g/mol. The summed E-state index contributed by atoms with van der Waals surface area (Å²) in [6.45, 7) is 3.70. The van der Waals surface area contributed by atoms with Crippen LogP contribution in [-0.2, 0) is 4.79 Å². The fraction of sp³-hybridized carbons (Fsp3) is 0.400. The molecule has 25 heavy (non-hydrogen) atoms. The van der Waals surface area contributed by atoms with Crippen LogP contribution in [0.2, 0.25) is 5.15 Å². The largest absolute Gasteiger partial charge is 0.295 e. The van der Waals surface area contributed by atoms with Crippen LogP contribution >= 0.6 is 34.7 Å². The van der Waals surface area contributed by atoms with Crippen molar-refractivity contribution in [1.29, 1.82) is 0 Å². The minimum atomic E-state index is -0.260. The second-order valence-corrected chi connectivity index (χ2v) is 7.78. The number of pyridine rings is 1. The molecule has 0 aliphatic carbocycles. The third kappa shape index (κ3) is 4.64. The minimum Gasteiger partial charge on any atom is -0.295 e. The molecule has 0 aliphatic heterocycles. The molecule has 1 amide bonds. The molecule has 0 radical (unpaired) electrons. The Morgan fingerprint density at radius 1 is 1.56 bits per heavy atom. The normalized spacial score (nSPS) is 13.0. The van der Waals surface area contributed by atoms with Crippen LogP contribution in [0.25, 0.3) is 21.0 Å². The quantitative estimate of drug-likeness (QED) is 0.379. The number of azide groups is 1. The number of thiazole rings is 1. The number of carbonyl (C=O) groups excluding carboxylic acids is 1. The van der Waals surface area contributed by atoms with Crippen LogP contribution in [0.15, 0.2) is 29.6 Å². The highest BCUT2D eigenvalue weighted by molar-refractivity contribution is 7.99. The van der Waals surface area contributed by atoms with Crippen LogP contribution < -0.4 is 4.90 Å². The van der Waals surface area contributed by atoms with Crippen LogP contribution in [0.3, 0.4) is 0 Å². The molecule has 0 fully saturated rings. The lowest BCUT2D eigenvalue weighted by atomic mass is 10.1. The topological polar surface area (TPSA) is 94.9 Å². The number of hydrogen-bond acceptors (Lipinski definition) is 6. The molecule has 2 aromatic heterocycles. The van der Waals surface area contributed by atoms with Crippen LogP contribution in [0.5, 0.6) is 0 Å². The molecule has 7 nitrogen and oxygen atoms in total. The van der Waals surface area contributed by atoms with Gasteiger partial charge in [-0.25, -0.2) is 4.98 Å². The third-order valence-electron chi connectivity index (χ3n) is 3.72. The highest BCUT2D eigenvalue weighted by atomic mass is 35.5. The lowest BCUT2D eigenvalue weighted by Gasteiger charge is -2.25. The predicted molar refractivity (Wildman–Crippen MR) is 104 cm³/mol. The molecular weight excluding hydrogens is 380 g/mol. The van der Waals surface area contributed by atoms with E-state index in [0.29, 0.717) is 10.0 Å². The molecule has 0 saturated carbocycles. The first-order valence-electron chi connectivity index (χ1n) is 7.41. The molecule has 0 spiro atoms. The number of nitrogens with zero attached hydrogens (tertiary/aromatic N) is 6. The zero-order chi connectivity index (χ0) is 18.4. The lowest BCUT2D eigenvalue weighted by molar-refractivity contribution is -0.121. The van der Waals surface area contributed by atoms with Crippen molar-refractivity contribution < 1.29 is 4.79 Å². The van der Waals surface area contributed by atoms with E-state index in [1.54, 1.807) is 30.2 Å². The highest BCUT2D eigenvalue weighted by Crippen LogP contribution is 2.38. The number of hydrogen-bond donors (Lipinski definition) is 0. The van der Waals surface area contributed by atoms with Gasteiger partial charge < -0.3 is 0 Å². The van der Waals surface area contributed by atoms with Crippen molar-refractivity contribution in [2.75, 3.05) is 17.8 Å². The van der Waals surface area contributed by atoms with E-state index >= 15 is 0 Å². The SMILES string of the molecule is CSC(C)C(C)C(=O)N(CN=[N+]=[N-])c1sc(-c2cccnc2)nc1Cl. The molecule has 2 rings (SSSR count). The van der Waals surface area contributed by atoms with Gasteiger partial charge in [-0.15, -0.1) is 0 Å². The summed E-state index contributed by atoms with van der Waals surface area (Å²) in [5.41, 5.74) is 9.46. The van der Waals surface area contributed by atoms with Crippen molar-refractivity contribution in [1.82, 2.24) is 9.97 Å². The Kier molecular flexibility index (Phi) is 7.07. The fourth-order valence-corrected chi connectivity index (χ4v) is 3.87. The van der Waals surface area contributed by atoms with E-state index in [1.807, 2.05) is 26.2 Å². The summed E-state index contributed by atoms with van der Waals surface area (Å²) in [7, 11) is 0. The molecule has 0 N–H and O–H groups in total. The summed E-state index contributed by atoms with van der Waals surface area (Å²) >= 11 is 9.14. The maximum atomic E-state index is 12.9. The Hall–Kier alpha value is -1.80. The molecule has 132 valence electrons. The van der Waals surface area contributed by atoms with Crippen LogP contribution in [0.4, 0.5) is 5.00 Å². The maximum absolute atomic E-state index is 12.9. The average molecular weight is 397 g/mol. The first kappa shape index (κ1) is 19.5. The molecule has 0 aromatic carbocycles. The van der Waals surface area contributed by atoms with Crippen LogP contribution in [-0.4, -0.2) is 34.0 Å². The molecule has 2 atom stereocenters. The van der Waals surface area contributed by atoms with Crippen molar-refractivity contribution in [2.45, 2.75) is 19.1 Å². The van der Waals surface area contributed by atoms with E-state index in [0.717, 1.165) is 5.56 Å². The maximum Gasteiger partial charge on any atom is 0.231 e. The molecule has 0 aliphatic rings. The van der Waals surface area contributed by atoms with Crippen LogP contribution in [0.1, 0.15) is 13.8 Å². The van der Waals surface area contributed by atoms with Gasteiger partial charge in [-0.1, -0.05) is 41.9 Å². The van der Waals surface area contributed by atoms with Gasteiger partial charge in [-0.05, 0) is 23.9 Å². The number of amides is 1. The number of aromatic nitrogens is 2. The van der Waals surface area contributed by atoms with Crippen molar-refractivity contribution in [2.24, 2.45) is 11.0 Å². The molecule has 2 unspecified atom stereocenters. The van der Waals surface area contributed by atoms with Gasteiger partial charge in [0.05, 0.1) is 0 Å². The van der Waals surface area contributed by atoms with Gasteiger partial charge in [0.2, 0.25) is 5.91 Å². The smallest absolute Gasteiger partial charge is 0.231 e. The molecule has 0 bridgehead atoms. The van der Waals surface area contributed by atoms with Gasteiger partial charge in [-0.3, -0.25) is 14.7 Å². The van der Waals surface area contributed by atoms with Crippen molar-refractivity contribution in [3.05, 3.63) is 40.1 Å². The Morgan fingerprint density at radius 2 is 2.32 bits per heavy atom. The molecule has 2 heterocycles. The summed E-state index contributed by atoms with van der Waals surface area (Å²) in [6, 6.07) is 3.67. The van der Waals surface area contributed by atoms with Crippen molar-refractivity contribution >= 4 is 45.6 Å². The van der Waals surface area contributed by atoms with Crippen LogP contribution in [0, 0.1) is 5.92 Å². The zero-order valence-electron chi connectivity index (χ0n) is 14.0. The first-order chi connectivity index (χ1) is 12.0. The molecule has 2 aromatic rings. The van der Waals surface area contributed by atoms with E-state index in [9.17, 15) is 4.79 Å². The van der Waals surface area contributed by atoms with E-state index in [1.165, 1.54) is 16.2 Å². The standard InChI is InChI=1S/C15H17ClN6OS2/c1-9(10(2)24-3)14(23)22(8-19-21-17)15-12(16)20-13(25-15)11-5-4-6-18-7-11/h4-7,9-10H,8H2,1-3H3. The minimum absolute atomic E-state index is 0.116. The number of anilines is 1. The Balaban J connectivity index is 2.40. The fourth-order valence-electron chi connectivity index (χ4n) is 2.05. The summed E-state index contributed by atoms with van der Waals surface area (Å²) in [6.07, 6.45) is 5.30. The highest BCUT2D eigenvalue weighted by Gasteiger charge is 2.29. The Labute approximate surface area is 159 Å². The van der Waals surface area contributed by atoms with Gasteiger partial charge in [-0.2, -0.15) is 11.8 Å². The average Bonchev–Trinajstić information content (AvgIpc) is 3.03. The van der Waals surface area contributed by atoms with Gasteiger partial charge in [0.25, 0.3) is 0 Å². The Morgan fingerprint density at radius 3 is 2.92 bits per heavy atom. The summed E-state index contributed by atoms with van der Waals surface area (Å²) in [4.78, 5) is 25.4. The summed E-state index contributed by atoms with van der Waals surface area (Å²) < 4.78 is 0. The van der Waals surface area contributed by atoms with E-state index < -0.39 is 0 Å². The lowest BCUT2D eigenvalue weighted by Crippen LogP contribution is -2.38. The first-order valence-corrected chi connectivity index (χ1v) is 9.89. The van der Waals surface area contributed by atoms with E-state index in [2.05, 4.69) is 20.0 Å². The second-order valence-electron chi connectivity index (χ2n) is 5.22. The number of rotatable bonds is 7. The van der Waals surface area contributed by atoms with Gasteiger partial charge >= 0.3 is 0 Å². The zero-order valence-corrected chi connectivity index (χ0v) is 16.3. The number of halogens is 1. The second kappa shape index (κ2) is 9.05. The van der Waals surface area contributed by atoms with Gasteiger partial charge in [0.15, 0.2) is 5.15 Å². The van der Waals surface area contributed by atoms with E-state index in [-0.39, 0.29) is 28.9 Å². The molecular formula is C15H17ClN6OS2. The molecule has 10 heteroatoms.